The standard InChI is InChI=1S/C12H24N2O2/c1-4-11(15)13-8-6-5-7-9-14-12(16)10(2)3/h10H,4-9H2,1-3H3,(H,13,15)(H,14,16). The van der Waals surface area contributed by atoms with Crippen LogP contribution in [0.15, 0.2) is 0 Å². The summed E-state index contributed by atoms with van der Waals surface area (Å²) in [5.41, 5.74) is 0. The fourth-order valence-electron chi connectivity index (χ4n) is 1.20. The van der Waals surface area contributed by atoms with Crippen molar-refractivity contribution in [3.05, 3.63) is 0 Å². The minimum Gasteiger partial charge on any atom is -0.356 e. The maximum atomic E-state index is 11.2. The molecule has 0 aliphatic rings. The van der Waals surface area contributed by atoms with E-state index in [1.165, 1.54) is 0 Å². The van der Waals surface area contributed by atoms with Crippen molar-refractivity contribution in [1.29, 1.82) is 0 Å². The van der Waals surface area contributed by atoms with E-state index in [4.69, 9.17) is 0 Å². The van der Waals surface area contributed by atoms with Gasteiger partial charge >= 0.3 is 0 Å². The molecule has 2 N–H and O–H groups in total. The van der Waals surface area contributed by atoms with Crippen molar-refractivity contribution >= 4 is 11.8 Å². The minimum atomic E-state index is 0.0591. The van der Waals surface area contributed by atoms with Crippen molar-refractivity contribution < 1.29 is 9.59 Å². The highest BCUT2D eigenvalue weighted by atomic mass is 16.2. The molecular weight excluding hydrogens is 204 g/mol. The van der Waals surface area contributed by atoms with Crippen molar-refractivity contribution in [3.8, 4) is 0 Å². The van der Waals surface area contributed by atoms with Crippen LogP contribution in [-0.2, 0) is 9.59 Å². The number of amides is 2. The van der Waals surface area contributed by atoms with E-state index < -0.39 is 0 Å². The van der Waals surface area contributed by atoms with Crippen LogP contribution < -0.4 is 10.6 Å². The van der Waals surface area contributed by atoms with Gasteiger partial charge < -0.3 is 10.6 Å². The first-order valence-corrected chi connectivity index (χ1v) is 6.12. The molecule has 0 spiro atoms. The summed E-state index contributed by atoms with van der Waals surface area (Å²) < 4.78 is 0. The van der Waals surface area contributed by atoms with Crippen LogP contribution in [0, 0.1) is 5.92 Å². The number of hydrogen-bond acceptors (Lipinski definition) is 2. The third-order valence-corrected chi connectivity index (χ3v) is 2.32. The lowest BCUT2D eigenvalue weighted by molar-refractivity contribution is -0.124. The molecule has 0 aromatic carbocycles. The quantitative estimate of drug-likeness (QED) is 0.618. The number of unbranched alkanes of at least 4 members (excludes halogenated alkanes) is 2. The molecule has 0 saturated heterocycles. The number of carbonyl (C=O) groups excluding carboxylic acids is 2. The molecule has 0 aromatic heterocycles. The first kappa shape index (κ1) is 14.9. The molecule has 0 heterocycles. The molecule has 4 heteroatoms. The number of nitrogens with one attached hydrogen (secondary N) is 2. The van der Waals surface area contributed by atoms with E-state index in [0.29, 0.717) is 6.42 Å². The van der Waals surface area contributed by atoms with Crippen LogP contribution in [0.25, 0.3) is 0 Å². The maximum Gasteiger partial charge on any atom is 0.222 e. The van der Waals surface area contributed by atoms with Crippen molar-refractivity contribution in [2.24, 2.45) is 5.92 Å². The van der Waals surface area contributed by atoms with Crippen molar-refractivity contribution in [1.82, 2.24) is 10.6 Å². The zero-order chi connectivity index (χ0) is 12.4. The van der Waals surface area contributed by atoms with Crippen LogP contribution in [-0.4, -0.2) is 24.9 Å². The molecule has 16 heavy (non-hydrogen) atoms. The molecule has 0 unspecified atom stereocenters. The van der Waals surface area contributed by atoms with E-state index in [-0.39, 0.29) is 17.7 Å². The molecule has 0 atom stereocenters. The SMILES string of the molecule is CCC(=O)NCCCCCNC(=O)C(C)C. The highest BCUT2D eigenvalue weighted by Crippen LogP contribution is 1.95. The van der Waals surface area contributed by atoms with Crippen LogP contribution in [0.4, 0.5) is 0 Å². The van der Waals surface area contributed by atoms with Gasteiger partial charge in [-0.2, -0.15) is 0 Å². The molecule has 0 aromatic rings. The lowest BCUT2D eigenvalue weighted by atomic mass is 10.2. The Balaban J connectivity index is 3.22. The molecule has 0 saturated carbocycles. The summed E-state index contributed by atoms with van der Waals surface area (Å²) in [7, 11) is 0. The van der Waals surface area contributed by atoms with Crippen LogP contribution in [0.1, 0.15) is 46.5 Å². The summed E-state index contributed by atoms with van der Waals surface area (Å²) >= 11 is 0. The van der Waals surface area contributed by atoms with Crippen LogP contribution in [0.3, 0.4) is 0 Å². The largest absolute Gasteiger partial charge is 0.356 e. The number of rotatable bonds is 8. The van der Waals surface area contributed by atoms with E-state index in [0.717, 1.165) is 32.4 Å². The summed E-state index contributed by atoms with van der Waals surface area (Å²) in [6, 6.07) is 0. The summed E-state index contributed by atoms with van der Waals surface area (Å²) in [4.78, 5) is 22.1. The minimum absolute atomic E-state index is 0.0591. The van der Waals surface area contributed by atoms with Gasteiger partial charge in [-0.3, -0.25) is 9.59 Å². The molecule has 4 nitrogen and oxygen atoms in total. The molecule has 0 bridgehead atoms. The Kier molecular flexibility index (Phi) is 8.58. The smallest absolute Gasteiger partial charge is 0.222 e. The second-order valence-corrected chi connectivity index (χ2v) is 4.21. The monoisotopic (exact) mass is 228 g/mol. The predicted molar refractivity (Wildman–Crippen MR) is 65.0 cm³/mol. The van der Waals surface area contributed by atoms with Crippen LogP contribution in [0.5, 0.6) is 0 Å². The Labute approximate surface area is 98.2 Å². The fraction of sp³-hybridized carbons (Fsp3) is 0.833. The van der Waals surface area contributed by atoms with Gasteiger partial charge in [-0.15, -0.1) is 0 Å². The topological polar surface area (TPSA) is 58.2 Å². The van der Waals surface area contributed by atoms with Gasteiger partial charge in [0.2, 0.25) is 11.8 Å². The Hall–Kier alpha value is -1.06. The van der Waals surface area contributed by atoms with Gasteiger partial charge in [0.25, 0.3) is 0 Å². The first-order chi connectivity index (χ1) is 7.57. The van der Waals surface area contributed by atoms with Gasteiger partial charge in [-0.1, -0.05) is 20.8 Å². The molecule has 0 aliphatic heterocycles. The molecule has 0 aliphatic carbocycles. The third kappa shape index (κ3) is 8.26. The van der Waals surface area contributed by atoms with E-state index in [1.807, 2.05) is 20.8 Å². The summed E-state index contributed by atoms with van der Waals surface area (Å²) in [5.74, 6) is 0.274. The fourth-order valence-corrected chi connectivity index (χ4v) is 1.20. The van der Waals surface area contributed by atoms with E-state index in [9.17, 15) is 9.59 Å². The summed E-state index contributed by atoms with van der Waals surface area (Å²) in [6.07, 6.45) is 3.52. The van der Waals surface area contributed by atoms with E-state index >= 15 is 0 Å². The third-order valence-electron chi connectivity index (χ3n) is 2.32. The van der Waals surface area contributed by atoms with Crippen molar-refractivity contribution in [3.63, 3.8) is 0 Å². The highest BCUT2D eigenvalue weighted by molar-refractivity contribution is 5.77. The molecular formula is C12H24N2O2. The second kappa shape index (κ2) is 9.19. The van der Waals surface area contributed by atoms with Gasteiger partial charge in [0.1, 0.15) is 0 Å². The Morgan fingerprint density at radius 2 is 1.56 bits per heavy atom. The van der Waals surface area contributed by atoms with Gasteiger partial charge in [0.05, 0.1) is 0 Å². The van der Waals surface area contributed by atoms with E-state index in [2.05, 4.69) is 10.6 Å². The van der Waals surface area contributed by atoms with Gasteiger partial charge in [0, 0.05) is 25.4 Å². The lowest BCUT2D eigenvalue weighted by Crippen LogP contribution is -2.28. The normalized spacial score (nSPS) is 10.2. The molecule has 0 rings (SSSR count). The first-order valence-electron chi connectivity index (χ1n) is 6.12. The molecule has 0 radical (unpaired) electrons. The highest BCUT2D eigenvalue weighted by Gasteiger charge is 2.04. The van der Waals surface area contributed by atoms with Crippen LogP contribution >= 0.6 is 0 Å². The lowest BCUT2D eigenvalue weighted by Gasteiger charge is -2.07. The number of hydrogen-bond donors (Lipinski definition) is 2. The van der Waals surface area contributed by atoms with E-state index in [1.54, 1.807) is 0 Å². The average molecular weight is 228 g/mol. The second-order valence-electron chi connectivity index (χ2n) is 4.21. The summed E-state index contributed by atoms with van der Waals surface area (Å²) in [5, 5.41) is 5.69. The van der Waals surface area contributed by atoms with Crippen LogP contribution in [0.2, 0.25) is 0 Å². The average Bonchev–Trinajstić information content (AvgIpc) is 2.26. The maximum absolute atomic E-state index is 11.2. The number of carbonyl (C=O) groups is 2. The van der Waals surface area contributed by atoms with Gasteiger partial charge in [-0.25, -0.2) is 0 Å². The Morgan fingerprint density at radius 1 is 1.00 bits per heavy atom. The van der Waals surface area contributed by atoms with Gasteiger partial charge in [-0.05, 0) is 19.3 Å². The molecule has 0 fully saturated rings. The summed E-state index contributed by atoms with van der Waals surface area (Å²) in [6.45, 7) is 7.09. The zero-order valence-corrected chi connectivity index (χ0v) is 10.6. The zero-order valence-electron chi connectivity index (χ0n) is 10.6. The Bertz CT molecular complexity index is 215. The van der Waals surface area contributed by atoms with Crippen molar-refractivity contribution in [2.45, 2.75) is 46.5 Å². The molecule has 94 valence electrons. The van der Waals surface area contributed by atoms with Gasteiger partial charge in [0.15, 0.2) is 0 Å². The predicted octanol–water partition coefficient (Wildman–Crippen LogP) is 1.46. The Morgan fingerprint density at radius 3 is 2.06 bits per heavy atom. The van der Waals surface area contributed by atoms with Crippen molar-refractivity contribution in [2.75, 3.05) is 13.1 Å². The molecule has 2 amide bonds.